The van der Waals surface area contributed by atoms with E-state index in [-0.39, 0.29) is 6.04 Å². The molecule has 1 heterocycles. The molecule has 1 aromatic heterocycles. The highest BCUT2D eigenvalue weighted by Gasteiger charge is 2.11. The number of ether oxygens (including phenoxy) is 1. The van der Waals surface area contributed by atoms with Gasteiger partial charge in [-0.2, -0.15) is 5.26 Å². The van der Waals surface area contributed by atoms with E-state index in [1.165, 1.54) is 0 Å². The van der Waals surface area contributed by atoms with Crippen molar-refractivity contribution < 1.29 is 4.74 Å². The van der Waals surface area contributed by atoms with Crippen molar-refractivity contribution in [3.05, 3.63) is 53.9 Å². The molecule has 1 aromatic carbocycles. The van der Waals surface area contributed by atoms with Gasteiger partial charge in [0.05, 0.1) is 13.2 Å². The van der Waals surface area contributed by atoms with Gasteiger partial charge in [0.2, 0.25) is 0 Å². The summed E-state index contributed by atoms with van der Waals surface area (Å²) in [5, 5.41) is 12.3. The van der Waals surface area contributed by atoms with E-state index >= 15 is 0 Å². The Balaban J connectivity index is 2.05. The first-order chi connectivity index (χ1) is 8.85. The molecule has 0 bridgehead atoms. The van der Waals surface area contributed by atoms with Crippen LogP contribution in [0.1, 0.15) is 17.3 Å². The van der Waals surface area contributed by atoms with Crippen LogP contribution in [0, 0.1) is 11.3 Å². The summed E-state index contributed by atoms with van der Waals surface area (Å²) in [4.78, 5) is 3.04. The van der Waals surface area contributed by atoms with Crippen LogP contribution in [0.15, 0.2) is 42.6 Å². The number of benzene rings is 1. The Labute approximate surface area is 106 Å². The zero-order valence-electron chi connectivity index (χ0n) is 10.2. The van der Waals surface area contributed by atoms with E-state index < -0.39 is 0 Å². The maximum Gasteiger partial charge on any atom is 0.136 e. The Morgan fingerprint density at radius 1 is 1.33 bits per heavy atom. The Bertz CT molecular complexity index is 528. The predicted molar refractivity (Wildman–Crippen MR) is 69.0 cm³/mol. The molecule has 0 saturated heterocycles. The van der Waals surface area contributed by atoms with Gasteiger partial charge in [0.25, 0.3) is 0 Å². The van der Waals surface area contributed by atoms with Crippen molar-refractivity contribution >= 4 is 0 Å². The zero-order chi connectivity index (χ0) is 12.8. The number of nitriles is 1. The fourth-order valence-electron chi connectivity index (χ4n) is 1.81. The number of aromatic nitrogens is 1. The first-order valence-electron chi connectivity index (χ1n) is 5.73. The molecule has 2 aromatic rings. The van der Waals surface area contributed by atoms with Crippen LogP contribution in [0.2, 0.25) is 0 Å². The van der Waals surface area contributed by atoms with Crippen LogP contribution in [0.3, 0.4) is 0 Å². The summed E-state index contributed by atoms with van der Waals surface area (Å²) in [5.41, 5.74) is 1.90. The standard InChI is InChI=1S/C14H15N3O/c1-18-14-7-3-2-5-11(14)10-17-13(9-15)12-6-4-8-16-12/h2-8,13,16-17H,10H2,1H3. The summed E-state index contributed by atoms with van der Waals surface area (Å²) >= 11 is 0. The summed E-state index contributed by atoms with van der Waals surface area (Å²) in [7, 11) is 1.64. The van der Waals surface area contributed by atoms with Crippen molar-refractivity contribution in [2.24, 2.45) is 0 Å². The van der Waals surface area contributed by atoms with Crippen LogP contribution in [0.25, 0.3) is 0 Å². The van der Waals surface area contributed by atoms with Crippen LogP contribution in [0.5, 0.6) is 5.75 Å². The minimum Gasteiger partial charge on any atom is -0.496 e. The highest BCUT2D eigenvalue weighted by molar-refractivity contribution is 5.33. The van der Waals surface area contributed by atoms with Gasteiger partial charge in [-0.1, -0.05) is 18.2 Å². The number of hydrogen-bond acceptors (Lipinski definition) is 3. The molecule has 0 radical (unpaired) electrons. The van der Waals surface area contributed by atoms with Gasteiger partial charge >= 0.3 is 0 Å². The number of H-pyrrole nitrogens is 1. The van der Waals surface area contributed by atoms with Crippen LogP contribution >= 0.6 is 0 Å². The molecule has 0 amide bonds. The molecule has 2 N–H and O–H groups in total. The normalized spacial score (nSPS) is 11.8. The number of nitrogens with one attached hydrogen (secondary N) is 2. The Morgan fingerprint density at radius 3 is 2.83 bits per heavy atom. The maximum atomic E-state index is 9.14. The second-order valence-electron chi connectivity index (χ2n) is 3.88. The molecule has 0 fully saturated rings. The SMILES string of the molecule is COc1ccccc1CNC(C#N)c1ccc[nH]1. The summed E-state index contributed by atoms with van der Waals surface area (Å²) < 4.78 is 5.27. The van der Waals surface area contributed by atoms with Crippen molar-refractivity contribution in [3.8, 4) is 11.8 Å². The summed E-state index contributed by atoms with van der Waals surface area (Å²) in [6.45, 7) is 0.585. The minimum absolute atomic E-state index is 0.343. The summed E-state index contributed by atoms with van der Waals surface area (Å²) in [5.74, 6) is 0.827. The second kappa shape index (κ2) is 5.89. The molecule has 0 aliphatic carbocycles. The summed E-state index contributed by atoms with van der Waals surface area (Å²) in [6, 6.07) is 13.4. The largest absolute Gasteiger partial charge is 0.496 e. The van der Waals surface area contributed by atoms with Crippen LogP contribution in [-0.4, -0.2) is 12.1 Å². The smallest absolute Gasteiger partial charge is 0.136 e. The Kier molecular flexibility index (Phi) is 4.00. The second-order valence-corrected chi connectivity index (χ2v) is 3.88. The predicted octanol–water partition coefficient (Wildman–Crippen LogP) is 2.38. The molecular weight excluding hydrogens is 226 g/mol. The molecule has 92 valence electrons. The minimum atomic E-state index is -0.343. The van der Waals surface area contributed by atoms with E-state index in [0.29, 0.717) is 6.54 Å². The molecular formula is C14H15N3O. The third-order valence-electron chi connectivity index (χ3n) is 2.75. The van der Waals surface area contributed by atoms with Crippen molar-refractivity contribution in [2.75, 3.05) is 7.11 Å². The highest BCUT2D eigenvalue weighted by Crippen LogP contribution is 2.18. The lowest BCUT2D eigenvalue weighted by molar-refractivity contribution is 0.407. The van der Waals surface area contributed by atoms with Gasteiger partial charge in [-0.05, 0) is 18.2 Å². The number of rotatable bonds is 5. The third kappa shape index (κ3) is 2.70. The number of para-hydroxylation sites is 1. The van der Waals surface area contributed by atoms with E-state index in [4.69, 9.17) is 10.00 Å². The number of nitrogens with zero attached hydrogens (tertiary/aromatic N) is 1. The van der Waals surface area contributed by atoms with Gasteiger partial charge in [0, 0.05) is 24.0 Å². The molecule has 1 unspecified atom stereocenters. The topological polar surface area (TPSA) is 60.8 Å². The van der Waals surface area contributed by atoms with E-state index in [1.807, 2.05) is 42.6 Å². The molecule has 4 heteroatoms. The summed E-state index contributed by atoms with van der Waals surface area (Å²) in [6.07, 6.45) is 1.81. The van der Waals surface area contributed by atoms with Gasteiger partial charge < -0.3 is 9.72 Å². The third-order valence-corrected chi connectivity index (χ3v) is 2.75. The molecule has 0 aliphatic rings. The molecule has 2 rings (SSSR count). The average Bonchev–Trinajstić information content (AvgIpc) is 2.94. The molecule has 1 atom stereocenters. The van der Waals surface area contributed by atoms with Crippen molar-refractivity contribution in [1.29, 1.82) is 5.26 Å². The number of hydrogen-bond donors (Lipinski definition) is 2. The Hall–Kier alpha value is -2.25. The van der Waals surface area contributed by atoms with Crippen LogP contribution in [0.4, 0.5) is 0 Å². The zero-order valence-corrected chi connectivity index (χ0v) is 10.2. The van der Waals surface area contributed by atoms with Crippen molar-refractivity contribution in [2.45, 2.75) is 12.6 Å². The van der Waals surface area contributed by atoms with E-state index in [9.17, 15) is 0 Å². The van der Waals surface area contributed by atoms with Crippen molar-refractivity contribution in [3.63, 3.8) is 0 Å². The molecule has 0 saturated carbocycles. The number of aromatic amines is 1. The van der Waals surface area contributed by atoms with Gasteiger partial charge in [-0.25, -0.2) is 0 Å². The molecule has 18 heavy (non-hydrogen) atoms. The average molecular weight is 241 g/mol. The van der Waals surface area contributed by atoms with Crippen molar-refractivity contribution in [1.82, 2.24) is 10.3 Å². The van der Waals surface area contributed by atoms with E-state index in [2.05, 4.69) is 16.4 Å². The molecule has 0 spiro atoms. The first kappa shape index (κ1) is 12.2. The first-order valence-corrected chi connectivity index (χ1v) is 5.73. The highest BCUT2D eigenvalue weighted by atomic mass is 16.5. The maximum absolute atomic E-state index is 9.14. The lowest BCUT2D eigenvalue weighted by Crippen LogP contribution is -2.20. The monoisotopic (exact) mass is 241 g/mol. The Morgan fingerprint density at radius 2 is 2.17 bits per heavy atom. The molecule has 0 aliphatic heterocycles. The van der Waals surface area contributed by atoms with Gasteiger partial charge in [-0.15, -0.1) is 0 Å². The van der Waals surface area contributed by atoms with Gasteiger partial charge in [0.1, 0.15) is 11.8 Å². The number of methoxy groups -OCH3 is 1. The van der Waals surface area contributed by atoms with Crippen LogP contribution in [-0.2, 0) is 6.54 Å². The fourth-order valence-corrected chi connectivity index (χ4v) is 1.81. The van der Waals surface area contributed by atoms with E-state index in [0.717, 1.165) is 17.0 Å². The lowest BCUT2D eigenvalue weighted by Gasteiger charge is -2.12. The lowest BCUT2D eigenvalue weighted by atomic mass is 10.1. The van der Waals surface area contributed by atoms with Crippen LogP contribution < -0.4 is 10.1 Å². The fraction of sp³-hybridized carbons (Fsp3) is 0.214. The molecule has 4 nitrogen and oxygen atoms in total. The quantitative estimate of drug-likeness (QED) is 0.844. The van der Waals surface area contributed by atoms with E-state index in [1.54, 1.807) is 7.11 Å². The van der Waals surface area contributed by atoms with Gasteiger partial charge in [0.15, 0.2) is 0 Å². The van der Waals surface area contributed by atoms with Gasteiger partial charge in [-0.3, -0.25) is 5.32 Å².